The van der Waals surface area contributed by atoms with Gasteiger partial charge in [0.1, 0.15) is 0 Å². The van der Waals surface area contributed by atoms with Gasteiger partial charge in [0.2, 0.25) is 10.0 Å². The lowest BCUT2D eigenvalue weighted by Gasteiger charge is -2.33. The van der Waals surface area contributed by atoms with E-state index in [1.807, 2.05) is 13.8 Å². The fourth-order valence-corrected chi connectivity index (χ4v) is 6.20. The highest BCUT2D eigenvalue weighted by molar-refractivity contribution is 7.89. The highest BCUT2D eigenvalue weighted by Crippen LogP contribution is 2.37. The summed E-state index contributed by atoms with van der Waals surface area (Å²) in [6.07, 6.45) is 0.814. The number of rotatable bonds is 5. The number of aryl methyl sites for hydroxylation is 2. The summed E-state index contributed by atoms with van der Waals surface area (Å²) in [4.78, 5) is 0.131. The number of hydrogen-bond acceptors (Lipinski definition) is 5. The SMILES string of the molecule is Cc1ccc(S(=O)(=O)O[C@@]2(C)CCCN2S(=O)(=O)c2ccc(C)cc2)cc1. The molecule has 2 aromatic carbocycles. The van der Waals surface area contributed by atoms with Gasteiger partial charge in [-0.25, -0.2) is 12.6 Å². The molecule has 27 heavy (non-hydrogen) atoms. The minimum Gasteiger partial charge on any atom is -0.243 e. The lowest BCUT2D eigenvalue weighted by atomic mass is 10.2. The molecule has 0 spiro atoms. The molecule has 8 heteroatoms. The molecule has 1 aliphatic heterocycles. The number of hydrogen-bond donors (Lipinski definition) is 0. The summed E-state index contributed by atoms with van der Waals surface area (Å²) >= 11 is 0. The van der Waals surface area contributed by atoms with Gasteiger partial charge < -0.3 is 0 Å². The predicted octanol–water partition coefficient (Wildman–Crippen LogP) is 3.21. The van der Waals surface area contributed by atoms with Crippen LogP contribution in [-0.2, 0) is 24.3 Å². The quantitative estimate of drug-likeness (QED) is 0.709. The van der Waals surface area contributed by atoms with Crippen LogP contribution < -0.4 is 0 Å². The average Bonchev–Trinajstić information content (AvgIpc) is 2.97. The molecule has 1 aliphatic rings. The Labute approximate surface area is 161 Å². The Morgan fingerprint density at radius 1 is 0.852 bits per heavy atom. The van der Waals surface area contributed by atoms with E-state index in [1.165, 1.54) is 31.2 Å². The fourth-order valence-electron chi connectivity index (χ4n) is 3.20. The molecule has 0 amide bonds. The standard InChI is InChI=1S/C19H23NO5S2/c1-15-5-9-17(10-6-15)26(21,22)20-14-4-13-19(20,3)25-27(23,24)18-11-7-16(2)8-12-18/h5-12H,4,13-14H2,1-3H3/t19-/m0/s1. The van der Waals surface area contributed by atoms with Crippen LogP contribution in [-0.4, -0.2) is 33.4 Å². The van der Waals surface area contributed by atoms with E-state index < -0.39 is 25.9 Å². The van der Waals surface area contributed by atoms with Gasteiger partial charge in [0.25, 0.3) is 10.1 Å². The van der Waals surface area contributed by atoms with Gasteiger partial charge in [-0.3, -0.25) is 0 Å². The summed E-state index contributed by atoms with van der Waals surface area (Å²) in [6, 6.07) is 12.7. The summed E-state index contributed by atoms with van der Waals surface area (Å²) in [7, 11) is -7.99. The minimum atomic E-state index is -4.11. The van der Waals surface area contributed by atoms with Gasteiger partial charge in [0, 0.05) is 6.54 Å². The van der Waals surface area contributed by atoms with Gasteiger partial charge in [0.05, 0.1) is 9.79 Å². The van der Waals surface area contributed by atoms with Crippen molar-refractivity contribution in [3.8, 4) is 0 Å². The van der Waals surface area contributed by atoms with E-state index >= 15 is 0 Å². The molecule has 0 N–H and O–H groups in total. The summed E-state index contributed by atoms with van der Waals surface area (Å²) in [5.74, 6) is 0. The van der Waals surface area contributed by atoms with Gasteiger partial charge >= 0.3 is 0 Å². The first-order chi connectivity index (χ1) is 12.5. The summed E-state index contributed by atoms with van der Waals surface area (Å²) in [5.41, 5.74) is 0.397. The zero-order valence-corrected chi connectivity index (χ0v) is 17.2. The van der Waals surface area contributed by atoms with E-state index in [2.05, 4.69) is 0 Å². The number of nitrogens with zero attached hydrogens (tertiary/aromatic N) is 1. The highest BCUT2D eigenvalue weighted by Gasteiger charge is 2.48. The molecule has 2 aromatic rings. The molecule has 0 bridgehead atoms. The summed E-state index contributed by atoms with van der Waals surface area (Å²) < 4.78 is 58.2. The zero-order valence-electron chi connectivity index (χ0n) is 15.5. The number of sulfonamides is 1. The van der Waals surface area contributed by atoms with Crippen molar-refractivity contribution in [1.82, 2.24) is 4.31 Å². The third-order valence-electron chi connectivity index (χ3n) is 4.74. The van der Waals surface area contributed by atoms with Crippen LogP contribution >= 0.6 is 0 Å². The highest BCUT2D eigenvalue weighted by atomic mass is 32.2. The van der Waals surface area contributed by atoms with Crippen LogP contribution in [0.3, 0.4) is 0 Å². The van der Waals surface area contributed by atoms with Gasteiger partial charge in [-0.15, -0.1) is 0 Å². The molecule has 1 heterocycles. The van der Waals surface area contributed by atoms with Crippen molar-refractivity contribution < 1.29 is 21.0 Å². The maximum Gasteiger partial charge on any atom is 0.298 e. The van der Waals surface area contributed by atoms with Gasteiger partial charge in [-0.05, 0) is 57.9 Å². The molecule has 0 saturated carbocycles. The Morgan fingerprint density at radius 3 is 1.85 bits per heavy atom. The Morgan fingerprint density at radius 2 is 1.33 bits per heavy atom. The Balaban J connectivity index is 1.94. The van der Waals surface area contributed by atoms with Crippen LogP contribution in [0.25, 0.3) is 0 Å². The zero-order chi connectivity index (χ0) is 19.9. The molecular formula is C19H23NO5S2. The van der Waals surface area contributed by atoms with Gasteiger partial charge in [0.15, 0.2) is 5.72 Å². The molecule has 1 atom stereocenters. The minimum absolute atomic E-state index is 0.00825. The molecule has 0 aliphatic carbocycles. The van der Waals surface area contributed by atoms with Crippen LogP contribution in [0.2, 0.25) is 0 Å². The molecular weight excluding hydrogens is 386 g/mol. The molecule has 0 unspecified atom stereocenters. The van der Waals surface area contributed by atoms with E-state index in [0.717, 1.165) is 15.4 Å². The summed E-state index contributed by atoms with van der Waals surface area (Å²) in [5, 5.41) is 0. The Hall–Kier alpha value is -1.74. The molecule has 1 fully saturated rings. The normalized spacial score (nSPS) is 21.4. The first-order valence-corrected chi connectivity index (χ1v) is 11.5. The maximum atomic E-state index is 13.1. The number of benzene rings is 2. The van der Waals surface area contributed by atoms with E-state index in [4.69, 9.17) is 4.18 Å². The molecule has 6 nitrogen and oxygen atoms in total. The van der Waals surface area contributed by atoms with E-state index in [9.17, 15) is 16.8 Å². The van der Waals surface area contributed by atoms with Crippen molar-refractivity contribution in [2.24, 2.45) is 0 Å². The van der Waals surface area contributed by atoms with Crippen molar-refractivity contribution in [2.45, 2.75) is 49.1 Å². The van der Waals surface area contributed by atoms with Gasteiger partial charge in [-0.1, -0.05) is 35.4 Å². The van der Waals surface area contributed by atoms with Crippen LogP contribution in [0.5, 0.6) is 0 Å². The molecule has 146 valence electrons. The Bertz CT molecular complexity index is 1030. The fraction of sp³-hybridized carbons (Fsp3) is 0.368. The van der Waals surface area contributed by atoms with E-state index in [0.29, 0.717) is 12.8 Å². The van der Waals surface area contributed by atoms with Crippen molar-refractivity contribution in [1.29, 1.82) is 0 Å². The van der Waals surface area contributed by atoms with Crippen molar-refractivity contribution >= 4 is 20.1 Å². The predicted molar refractivity (Wildman–Crippen MR) is 102 cm³/mol. The second-order valence-electron chi connectivity index (χ2n) is 7.02. The molecule has 3 rings (SSSR count). The third-order valence-corrected chi connectivity index (χ3v) is 8.18. The molecule has 1 saturated heterocycles. The lowest BCUT2D eigenvalue weighted by Crippen LogP contribution is -2.48. The molecule has 0 radical (unpaired) electrons. The van der Waals surface area contributed by atoms with Crippen molar-refractivity contribution in [3.63, 3.8) is 0 Å². The largest absolute Gasteiger partial charge is 0.298 e. The van der Waals surface area contributed by atoms with E-state index in [-0.39, 0.29) is 16.3 Å². The second-order valence-corrected chi connectivity index (χ2v) is 10.4. The topological polar surface area (TPSA) is 80.8 Å². The average molecular weight is 410 g/mol. The van der Waals surface area contributed by atoms with Crippen molar-refractivity contribution in [2.75, 3.05) is 6.54 Å². The molecule has 0 aromatic heterocycles. The van der Waals surface area contributed by atoms with Crippen LogP contribution in [0.1, 0.15) is 30.9 Å². The van der Waals surface area contributed by atoms with Crippen LogP contribution in [0.4, 0.5) is 0 Å². The monoisotopic (exact) mass is 409 g/mol. The maximum absolute atomic E-state index is 13.1. The van der Waals surface area contributed by atoms with E-state index in [1.54, 1.807) is 24.3 Å². The smallest absolute Gasteiger partial charge is 0.243 e. The third kappa shape index (κ3) is 3.94. The second kappa shape index (κ2) is 7.01. The van der Waals surface area contributed by atoms with Crippen LogP contribution in [0, 0.1) is 13.8 Å². The van der Waals surface area contributed by atoms with Crippen molar-refractivity contribution in [3.05, 3.63) is 59.7 Å². The first kappa shape index (κ1) is 20.0. The Kier molecular flexibility index (Phi) is 5.20. The summed E-state index contributed by atoms with van der Waals surface area (Å²) in [6.45, 7) is 5.44. The van der Waals surface area contributed by atoms with Crippen LogP contribution in [0.15, 0.2) is 58.3 Å². The van der Waals surface area contributed by atoms with Gasteiger partial charge in [-0.2, -0.15) is 12.7 Å². The lowest BCUT2D eigenvalue weighted by molar-refractivity contribution is 0.0169. The first-order valence-electron chi connectivity index (χ1n) is 8.66.